The van der Waals surface area contributed by atoms with Gasteiger partial charge in [0, 0.05) is 19.0 Å². The summed E-state index contributed by atoms with van der Waals surface area (Å²) < 4.78 is 7.66. The van der Waals surface area contributed by atoms with Gasteiger partial charge < -0.3 is 14.6 Å². The molecule has 1 N–H and O–H groups in total. The van der Waals surface area contributed by atoms with Crippen LogP contribution in [0.4, 0.5) is 4.79 Å². The van der Waals surface area contributed by atoms with E-state index in [-0.39, 0.29) is 12.1 Å². The van der Waals surface area contributed by atoms with Gasteiger partial charge in [-0.2, -0.15) is 5.10 Å². The molecule has 2 aromatic carbocycles. The lowest BCUT2D eigenvalue weighted by atomic mass is 10.1. The van der Waals surface area contributed by atoms with E-state index in [1.807, 2.05) is 61.5 Å². The van der Waals surface area contributed by atoms with E-state index < -0.39 is 0 Å². The minimum atomic E-state index is -0.174. The summed E-state index contributed by atoms with van der Waals surface area (Å²) in [7, 11) is 1.77. The zero-order chi connectivity index (χ0) is 20.2. The molecule has 1 atom stereocenters. The van der Waals surface area contributed by atoms with Crippen LogP contribution in [0.3, 0.4) is 0 Å². The molecule has 0 saturated heterocycles. The molecule has 4 rings (SSSR count). The van der Waals surface area contributed by atoms with Crippen molar-refractivity contribution in [3.8, 4) is 0 Å². The van der Waals surface area contributed by atoms with E-state index in [9.17, 15) is 4.79 Å². The fourth-order valence-corrected chi connectivity index (χ4v) is 3.14. The SMILES string of the molecule is CC(c1cc2ccccc2o1)N(C)C(=O)NCc1ccc(Cn2cncn2)cc1. The molecule has 0 fully saturated rings. The second-order valence-corrected chi connectivity index (χ2v) is 7.04. The van der Waals surface area contributed by atoms with Crippen molar-refractivity contribution < 1.29 is 9.21 Å². The summed E-state index contributed by atoms with van der Waals surface area (Å²) >= 11 is 0. The Balaban J connectivity index is 1.33. The number of carbonyl (C=O) groups excluding carboxylic acids is 1. The fourth-order valence-electron chi connectivity index (χ4n) is 3.14. The molecule has 0 radical (unpaired) electrons. The standard InChI is InChI=1S/C22H23N5O2/c1-16(21-11-19-5-3-4-6-20(19)29-21)26(2)22(28)24-12-17-7-9-18(10-8-17)13-27-15-23-14-25-27/h3-11,14-16H,12-13H2,1-2H3,(H,24,28). The van der Waals surface area contributed by atoms with Crippen molar-refractivity contribution in [2.24, 2.45) is 0 Å². The normalized spacial score (nSPS) is 12.1. The Kier molecular flexibility index (Phi) is 5.29. The highest BCUT2D eigenvalue weighted by Gasteiger charge is 2.20. The number of carbonyl (C=O) groups is 1. The third kappa shape index (κ3) is 4.29. The summed E-state index contributed by atoms with van der Waals surface area (Å²) in [6, 6.07) is 17.6. The second kappa shape index (κ2) is 8.18. The molecule has 148 valence electrons. The largest absolute Gasteiger partial charge is 0.459 e. The van der Waals surface area contributed by atoms with Gasteiger partial charge in [-0.3, -0.25) is 0 Å². The van der Waals surface area contributed by atoms with Crippen LogP contribution in [0, 0.1) is 0 Å². The first kappa shape index (κ1) is 18.7. The Morgan fingerprint density at radius 3 is 2.66 bits per heavy atom. The number of nitrogens with zero attached hydrogens (tertiary/aromatic N) is 4. The molecular formula is C22H23N5O2. The molecule has 0 spiro atoms. The van der Waals surface area contributed by atoms with E-state index in [1.54, 1.807) is 23.0 Å². The molecule has 2 heterocycles. The van der Waals surface area contributed by atoms with Crippen LogP contribution in [0.15, 0.2) is 71.7 Å². The maximum Gasteiger partial charge on any atom is 0.318 e. The Morgan fingerprint density at radius 2 is 1.93 bits per heavy atom. The van der Waals surface area contributed by atoms with Gasteiger partial charge in [-0.25, -0.2) is 14.5 Å². The topological polar surface area (TPSA) is 76.2 Å². The number of furan rings is 1. The van der Waals surface area contributed by atoms with E-state index >= 15 is 0 Å². The van der Waals surface area contributed by atoms with Gasteiger partial charge in [0.1, 0.15) is 24.0 Å². The monoisotopic (exact) mass is 389 g/mol. The van der Waals surface area contributed by atoms with Crippen LogP contribution < -0.4 is 5.32 Å². The predicted molar refractivity (Wildman–Crippen MR) is 110 cm³/mol. The van der Waals surface area contributed by atoms with Crippen molar-refractivity contribution in [2.75, 3.05) is 7.05 Å². The number of hydrogen-bond acceptors (Lipinski definition) is 4. The fraction of sp³-hybridized carbons (Fsp3) is 0.227. The third-order valence-electron chi connectivity index (χ3n) is 5.04. The first-order chi connectivity index (χ1) is 14.1. The van der Waals surface area contributed by atoms with Crippen molar-refractivity contribution in [3.05, 3.63) is 84.1 Å². The van der Waals surface area contributed by atoms with Gasteiger partial charge in [-0.15, -0.1) is 0 Å². The Morgan fingerprint density at radius 1 is 1.17 bits per heavy atom. The average Bonchev–Trinajstić information content (AvgIpc) is 3.41. The van der Waals surface area contributed by atoms with Crippen molar-refractivity contribution in [2.45, 2.75) is 26.1 Å². The maximum atomic E-state index is 12.6. The number of aromatic nitrogens is 3. The van der Waals surface area contributed by atoms with Gasteiger partial charge in [-0.05, 0) is 30.2 Å². The van der Waals surface area contributed by atoms with Gasteiger partial charge in [0.05, 0.1) is 12.6 Å². The van der Waals surface area contributed by atoms with Crippen LogP contribution in [0.1, 0.15) is 29.9 Å². The van der Waals surface area contributed by atoms with Crippen LogP contribution in [0.5, 0.6) is 0 Å². The highest BCUT2D eigenvalue weighted by atomic mass is 16.3. The number of amides is 2. The van der Waals surface area contributed by atoms with Gasteiger partial charge in [-0.1, -0.05) is 42.5 Å². The van der Waals surface area contributed by atoms with Crippen LogP contribution >= 0.6 is 0 Å². The van der Waals surface area contributed by atoms with Crippen molar-refractivity contribution in [3.63, 3.8) is 0 Å². The molecule has 2 aromatic heterocycles. The zero-order valence-electron chi connectivity index (χ0n) is 16.4. The predicted octanol–water partition coefficient (Wildman–Crippen LogP) is 3.98. The number of fused-ring (bicyclic) bond motifs is 1. The van der Waals surface area contributed by atoms with Crippen LogP contribution in [-0.2, 0) is 13.1 Å². The molecule has 0 aliphatic heterocycles. The summed E-state index contributed by atoms with van der Waals surface area (Å²) in [6.07, 6.45) is 3.21. The van der Waals surface area contributed by atoms with Crippen LogP contribution in [0.25, 0.3) is 11.0 Å². The molecule has 0 aliphatic rings. The minimum absolute atomic E-state index is 0.148. The van der Waals surface area contributed by atoms with Crippen molar-refractivity contribution >= 4 is 17.0 Å². The first-order valence-corrected chi connectivity index (χ1v) is 9.49. The highest BCUT2D eigenvalue weighted by molar-refractivity contribution is 5.78. The molecule has 7 nitrogen and oxygen atoms in total. The summed E-state index contributed by atoms with van der Waals surface area (Å²) in [6.45, 7) is 3.08. The summed E-state index contributed by atoms with van der Waals surface area (Å²) in [5, 5.41) is 8.11. The summed E-state index contributed by atoms with van der Waals surface area (Å²) in [5.74, 6) is 0.765. The number of urea groups is 1. The van der Waals surface area contributed by atoms with Gasteiger partial charge in [0.15, 0.2) is 0 Å². The average molecular weight is 389 g/mol. The first-order valence-electron chi connectivity index (χ1n) is 9.49. The van der Waals surface area contributed by atoms with E-state index in [0.717, 1.165) is 27.9 Å². The Bertz CT molecular complexity index is 1050. The summed E-state index contributed by atoms with van der Waals surface area (Å²) in [4.78, 5) is 18.2. The van der Waals surface area contributed by atoms with Crippen LogP contribution in [-0.4, -0.2) is 32.7 Å². The molecule has 1 unspecified atom stereocenters. The van der Waals surface area contributed by atoms with Crippen LogP contribution in [0.2, 0.25) is 0 Å². The molecule has 4 aromatic rings. The molecule has 7 heteroatoms. The van der Waals surface area contributed by atoms with E-state index in [2.05, 4.69) is 15.4 Å². The second-order valence-electron chi connectivity index (χ2n) is 7.04. The van der Waals surface area contributed by atoms with E-state index in [0.29, 0.717) is 13.1 Å². The molecule has 29 heavy (non-hydrogen) atoms. The Labute approximate surface area is 169 Å². The van der Waals surface area contributed by atoms with Crippen molar-refractivity contribution in [1.82, 2.24) is 25.0 Å². The summed E-state index contributed by atoms with van der Waals surface area (Å²) in [5.41, 5.74) is 2.99. The van der Waals surface area contributed by atoms with Gasteiger partial charge >= 0.3 is 6.03 Å². The maximum absolute atomic E-state index is 12.6. The van der Waals surface area contributed by atoms with E-state index in [4.69, 9.17) is 4.42 Å². The molecular weight excluding hydrogens is 366 g/mol. The lowest BCUT2D eigenvalue weighted by Gasteiger charge is -2.23. The highest BCUT2D eigenvalue weighted by Crippen LogP contribution is 2.26. The van der Waals surface area contributed by atoms with Gasteiger partial charge in [0.25, 0.3) is 0 Å². The number of para-hydroxylation sites is 1. The lowest BCUT2D eigenvalue weighted by Crippen LogP contribution is -2.38. The third-order valence-corrected chi connectivity index (χ3v) is 5.04. The molecule has 0 aliphatic carbocycles. The lowest BCUT2D eigenvalue weighted by molar-refractivity contribution is 0.187. The minimum Gasteiger partial charge on any atom is -0.459 e. The van der Waals surface area contributed by atoms with Crippen molar-refractivity contribution in [1.29, 1.82) is 0 Å². The molecule has 0 saturated carbocycles. The number of rotatable bonds is 6. The number of benzene rings is 2. The Hall–Kier alpha value is -3.61. The smallest absolute Gasteiger partial charge is 0.318 e. The van der Waals surface area contributed by atoms with Gasteiger partial charge in [0.2, 0.25) is 0 Å². The zero-order valence-corrected chi connectivity index (χ0v) is 16.4. The molecule has 2 amide bonds. The quantitative estimate of drug-likeness (QED) is 0.541. The number of hydrogen-bond donors (Lipinski definition) is 1. The molecule has 0 bridgehead atoms. The van der Waals surface area contributed by atoms with E-state index in [1.165, 1.54) is 6.33 Å². The number of nitrogens with one attached hydrogen (secondary N) is 1.